The minimum atomic E-state index is -0.0288. The van der Waals surface area contributed by atoms with Gasteiger partial charge in [0.1, 0.15) is 0 Å². The Balaban J connectivity index is 2.11. The second kappa shape index (κ2) is 4.19. The quantitative estimate of drug-likeness (QED) is 0.660. The molecule has 0 amide bonds. The first-order chi connectivity index (χ1) is 9.04. The lowest BCUT2D eigenvalue weighted by Gasteiger charge is -2.11. The maximum atomic E-state index is 4.58. The van der Waals surface area contributed by atoms with Crippen LogP contribution in [0.1, 0.15) is 26.6 Å². The highest BCUT2D eigenvalue weighted by molar-refractivity contribution is 5.64. The Morgan fingerprint density at radius 2 is 1.63 bits per heavy atom. The molecule has 2 heterocycles. The van der Waals surface area contributed by atoms with Crippen molar-refractivity contribution in [3.05, 3.63) is 54.5 Å². The van der Waals surface area contributed by atoms with E-state index in [4.69, 9.17) is 0 Å². The van der Waals surface area contributed by atoms with Crippen LogP contribution in [0.25, 0.3) is 16.8 Å². The van der Waals surface area contributed by atoms with Crippen LogP contribution < -0.4 is 0 Å². The maximum Gasteiger partial charge on any atom is 0.157 e. The fourth-order valence-electron chi connectivity index (χ4n) is 2.00. The monoisotopic (exact) mass is 251 g/mol. The molecule has 3 nitrogen and oxygen atoms in total. The van der Waals surface area contributed by atoms with Crippen molar-refractivity contribution >= 4 is 5.65 Å². The molecule has 2 aromatic heterocycles. The van der Waals surface area contributed by atoms with E-state index >= 15 is 0 Å². The van der Waals surface area contributed by atoms with E-state index in [2.05, 4.69) is 49.1 Å². The molecule has 1 aromatic carbocycles. The standard InChI is InChI=1S/C16H17N3/c1-16(2,3)15-17-14-10-9-13(11-19(14)18-15)12-7-5-4-6-8-12/h4-11H,1-3H3. The fraction of sp³-hybridized carbons (Fsp3) is 0.250. The zero-order chi connectivity index (χ0) is 13.5. The number of hydrogen-bond acceptors (Lipinski definition) is 2. The molecule has 19 heavy (non-hydrogen) atoms. The van der Waals surface area contributed by atoms with Crippen LogP contribution in [0.2, 0.25) is 0 Å². The number of rotatable bonds is 1. The van der Waals surface area contributed by atoms with Crippen LogP contribution in [0.5, 0.6) is 0 Å². The molecule has 0 aliphatic rings. The van der Waals surface area contributed by atoms with Crippen LogP contribution in [0, 0.1) is 0 Å². The summed E-state index contributed by atoms with van der Waals surface area (Å²) >= 11 is 0. The van der Waals surface area contributed by atoms with Gasteiger partial charge in [0.2, 0.25) is 0 Å². The highest BCUT2D eigenvalue weighted by atomic mass is 15.3. The SMILES string of the molecule is CC(C)(C)c1nc2ccc(-c3ccccc3)cn2n1. The molecular weight excluding hydrogens is 234 g/mol. The zero-order valence-electron chi connectivity index (χ0n) is 11.5. The molecule has 96 valence electrons. The summed E-state index contributed by atoms with van der Waals surface area (Å²) in [6, 6.07) is 14.4. The van der Waals surface area contributed by atoms with Crippen LogP contribution in [0.3, 0.4) is 0 Å². The average Bonchev–Trinajstić information content (AvgIpc) is 2.82. The smallest absolute Gasteiger partial charge is 0.157 e. The van der Waals surface area contributed by atoms with Crippen molar-refractivity contribution < 1.29 is 0 Å². The Morgan fingerprint density at radius 3 is 2.32 bits per heavy atom. The maximum absolute atomic E-state index is 4.58. The third kappa shape index (κ3) is 2.24. The molecule has 3 heteroatoms. The topological polar surface area (TPSA) is 30.2 Å². The van der Waals surface area contributed by atoms with E-state index in [-0.39, 0.29) is 5.41 Å². The highest BCUT2D eigenvalue weighted by Crippen LogP contribution is 2.22. The molecule has 0 aliphatic carbocycles. The Kier molecular flexibility index (Phi) is 2.63. The Bertz CT molecular complexity index is 706. The van der Waals surface area contributed by atoms with Gasteiger partial charge >= 0.3 is 0 Å². The lowest BCUT2D eigenvalue weighted by atomic mass is 9.96. The van der Waals surface area contributed by atoms with Crippen LogP contribution in [-0.4, -0.2) is 14.6 Å². The Labute approximate surface area is 112 Å². The molecule has 0 aliphatic heterocycles. The van der Waals surface area contributed by atoms with Crippen molar-refractivity contribution in [3.63, 3.8) is 0 Å². The summed E-state index contributed by atoms with van der Waals surface area (Å²) in [5.41, 5.74) is 3.21. The second-order valence-electron chi connectivity index (χ2n) is 5.77. The number of aromatic nitrogens is 3. The molecule has 3 rings (SSSR count). The number of pyridine rings is 1. The third-order valence-electron chi connectivity index (χ3n) is 3.11. The van der Waals surface area contributed by atoms with Gasteiger partial charge in [-0.15, -0.1) is 0 Å². The normalized spacial score (nSPS) is 11.9. The molecule has 0 saturated carbocycles. The number of nitrogens with zero attached hydrogens (tertiary/aromatic N) is 3. The van der Waals surface area contributed by atoms with E-state index in [9.17, 15) is 0 Å². The minimum Gasteiger partial charge on any atom is -0.220 e. The summed E-state index contributed by atoms with van der Waals surface area (Å²) in [6.45, 7) is 6.37. The minimum absolute atomic E-state index is 0.0288. The largest absolute Gasteiger partial charge is 0.220 e. The second-order valence-corrected chi connectivity index (χ2v) is 5.77. The van der Waals surface area contributed by atoms with Crippen molar-refractivity contribution in [3.8, 4) is 11.1 Å². The van der Waals surface area contributed by atoms with E-state index in [0.29, 0.717) is 0 Å². The summed E-state index contributed by atoms with van der Waals surface area (Å²) in [5.74, 6) is 0.873. The first-order valence-corrected chi connectivity index (χ1v) is 6.46. The van der Waals surface area contributed by atoms with Gasteiger partial charge in [0, 0.05) is 17.2 Å². The lowest BCUT2D eigenvalue weighted by Crippen LogP contribution is -2.13. The Morgan fingerprint density at radius 1 is 0.895 bits per heavy atom. The number of fused-ring (bicyclic) bond motifs is 1. The highest BCUT2D eigenvalue weighted by Gasteiger charge is 2.19. The van der Waals surface area contributed by atoms with E-state index < -0.39 is 0 Å². The van der Waals surface area contributed by atoms with Crippen molar-refractivity contribution in [2.75, 3.05) is 0 Å². The molecule has 0 atom stereocenters. The average molecular weight is 251 g/mol. The summed E-state index contributed by atoms with van der Waals surface area (Å²) in [4.78, 5) is 4.57. The summed E-state index contributed by atoms with van der Waals surface area (Å²) < 4.78 is 1.86. The molecule has 0 N–H and O–H groups in total. The molecule has 0 saturated heterocycles. The van der Waals surface area contributed by atoms with Gasteiger partial charge in [-0.2, -0.15) is 5.10 Å². The molecule has 0 spiro atoms. The van der Waals surface area contributed by atoms with Gasteiger partial charge in [0.25, 0.3) is 0 Å². The van der Waals surface area contributed by atoms with Gasteiger partial charge in [-0.1, -0.05) is 51.1 Å². The van der Waals surface area contributed by atoms with E-state index in [1.165, 1.54) is 5.56 Å². The van der Waals surface area contributed by atoms with Gasteiger partial charge in [-0.3, -0.25) is 0 Å². The summed E-state index contributed by atoms with van der Waals surface area (Å²) in [6.07, 6.45) is 2.03. The van der Waals surface area contributed by atoms with E-state index in [1.807, 2.05) is 35.0 Å². The summed E-state index contributed by atoms with van der Waals surface area (Å²) in [7, 11) is 0. The van der Waals surface area contributed by atoms with Gasteiger partial charge < -0.3 is 0 Å². The molecule has 3 aromatic rings. The first kappa shape index (κ1) is 11.9. The third-order valence-corrected chi connectivity index (χ3v) is 3.11. The summed E-state index contributed by atoms with van der Waals surface area (Å²) in [5, 5.41) is 4.58. The molecule has 0 fully saturated rings. The van der Waals surface area contributed by atoms with Crippen LogP contribution in [0.15, 0.2) is 48.7 Å². The molecular formula is C16H17N3. The lowest BCUT2D eigenvalue weighted by molar-refractivity contribution is 0.545. The number of hydrogen-bond donors (Lipinski definition) is 0. The van der Waals surface area contributed by atoms with Gasteiger partial charge in [-0.25, -0.2) is 9.50 Å². The van der Waals surface area contributed by atoms with E-state index in [0.717, 1.165) is 17.0 Å². The van der Waals surface area contributed by atoms with Crippen LogP contribution in [-0.2, 0) is 5.41 Å². The van der Waals surface area contributed by atoms with Crippen LogP contribution in [0.4, 0.5) is 0 Å². The van der Waals surface area contributed by atoms with E-state index in [1.54, 1.807) is 0 Å². The zero-order valence-corrected chi connectivity index (χ0v) is 11.5. The van der Waals surface area contributed by atoms with Crippen molar-refractivity contribution in [1.29, 1.82) is 0 Å². The molecule has 0 bridgehead atoms. The van der Waals surface area contributed by atoms with Gasteiger partial charge in [0.15, 0.2) is 11.5 Å². The van der Waals surface area contributed by atoms with Gasteiger partial charge in [0.05, 0.1) is 0 Å². The predicted octanol–water partition coefficient (Wildman–Crippen LogP) is 3.69. The molecule has 0 unspecified atom stereocenters. The van der Waals surface area contributed by atoms with Crippen molar-refractivity contribution in [1.82, 2.24) is 14.6 Å². The first-order valence-electron chi connectivity index (χ1n) is 6.46. The van der Waals surface area contributed by atoms with Crippen molar-refractivity contribution in [2.45, 2.75) is 26.2 Å². The Hall–Kier alpha value is -2.16. The predicted molar refractivity (Wildman–Crippen MR) is 77.1 cm³/mol. The van der Waals surface area contributed by atoms with Crippen LogP contribution >= 0.6 is 0 Å². The molecule has 0 radical (unpaired) electrons. The number of benzene rings is 1. The van der Waals surface area contributed by atoms with Crippen molar-refractivity contribution in [2.24, 2.45) is 0 Å². The fourth-order valence-corrected chi connectivity index (χ4v) is 2.00. The van der Waals surface area contributed by atoms with Gasteiger partial charge in [-0.05, 0) is 17.7 Å².